The first-order valence-corrected chi connectivity index (χ1v) is 6.77. The van der Waals surface area contributed by atoms with Gasteiger partial charge in [0.25, 0.3) is 0 Å². The number of nitrogens with one attached hydrogen (secondary N) is 1. The maximum Gasteiger partial charge on any atom is 0.389 e. The summed E-state index contributed by atoms with van der Waals surface area (Å²) >= 11 is 8.05. The van der Waals surface area contributed by atoms with Gasteiger partial charge in [-0.3, -0.25) is 11.3 Å². The summed E-state index contributed by atoms with van der Waals surface area (Å²) in [6.07, 6.45) is -4.58. The molecule has 0 bridgehead atoms. The van der Waals surface area contributed by atoms with Gasteiger partial charge in [-0.25, -0.2) is 0 Å². The number of nitrogens with two attached hydrogens (primary N) is 1. The van der Waals surface area contributed by atoms with Gasteiger partial charge in [-0.15, -0.1) is 0 Å². The van der Waals surface area contributed by atoms with Gasteiger partial charge < -0.3 is 0 Å². The number of hydrogen-bond acceptors (Lipinski definition) is 2. The molecule has 1 unspecified atom stereocenters. The summed E-state index contributed by atoms with van der Waals surface area (Å²) in [6, 6.07) is 5.03. The van der Waals surface area contributed by atoms with Crippen molar-refractivity contribution in [2.45, 2.75) is 31.5 Å². The molecule has 7 heteroatoms. The van der Waals surface area contributed by atoms with Gasteiger partial charge in [0.1, 0.15) is 0 Å². The second-order valence-electron chi connectivity index (χ2n) is 3.90. The monoisotopic (exact) mass is 392 g/mol. The van der Waals surface area contributed by atoms with Crippen LogP contribution in [0.15, 0.2) is 18.2 Å². The molecule has 3 N–H and O–H groups in total. The second-order valence-corrected chi connectivity index (χ2v) is 5.47. The lowest BCUT2D eigenvalue weighted by atomic mass is 10.0. The predicted molar refractivity (Wildman–Crippen MR) is 74.1 cm³/mol. The van der Waals surface area contributed by atoms with Crippen LogP contribution in [0.2, 0.25) is 5.02 Å². The smallest absolute Gasteiger partial charge is 0.271 e. The van der Waals surface area contributed by atoms with Gasteiger partial charge in [-0.05, 0) is 53.1 Å². The number of alkyl halides is 3. The van der Waals surface area contributed by atoms with Gasteiger partial charge in [0.15, 0.2) is 0 Å². The fourth-order valence-electron chi connectivity index (χ4n) is 1.58. The summed E-state index contributed by atoms with van der Waals surface area (Å²) in [5.41, 5.74) is 3.32. The average Bonchev–Trinajstić information content (AvgIpc) is 2.27. The summed E-state index contributed by atoms with van der Waals surface area (Å²) < 4.78 is 37.1. The van der Waals surface area contributed by atoms with E-state index in [1.165, 1.54) is 0 Å². The molecule has 0 aromatic heterocycles. The van der Waals surface area contributed by atoms with Gasteiger partial charge in [0.2, 0.25) is 0 Å². The van der Waals surface area contributed by atoms with E-state index in [0.717, 1.165) is 9.13 Å². The summed E-state index contributed by atoms with van der Waals surface area (Å²) in [7, 11) is 0. The molecular weight excluding hydrogens is 379 g/mol. The highest BCUT2D eigenvalue weighted by molar-refractivity contribution is 14.1. The molecule has 1 aromatic carbocycles. The lowest BCUT2D eigenvalue weighted by molar-refractivity contribution is -0.135. The summed E-state index contributed by atoms with van der Waals surface area (Å²) in [5, 5.41) is 0.573. The molecule has 0 aliphatic carbocycles. The number of hydrogen-bond donors (Lipinski definition) is 2. The van der Waals surface area contributed by atoms with Crippen LogP contribution < -0.4 is 11.3 Å². The molecule has 0 aliphatic rings. The van der Waals surface area contributed by atoms with E-state index in [0.29, 0.717) is 11.4 Å². The Kier molecular flexibility index (Phi) is 6.16. The zero-order valence-corrected chi connectivity index (χ0v) is 12.3. The lowest BCUT2D eigenvalue weighted by Crippen LogP contribution is -2.28. The number of benzene rings is 1. The van der Waals surface area contributed by atoms with Gasteiger partial charge in [0.05, 0.1) is 5.02 Å². The molecule has 0 saturated heterocycles. The third-order valence-corrected chi connectivity index (χ3v) is 4.07. The third kappa shape index (κ3) is 5.29. The van der Waals surface area contributed by atoms with Crippen molar-refractivity contribution in [1.82, 2.24) is 5.43 Å². The number of rotatable bonds is 5. The van der Waals surface area contributed by atoms with Crippen molar-refractivity contribution < 1.29 is 13.2 Å². The SMILES string of the molecule is NNC(CCCC(F)(F)F)c1ccc(I)c(Cl)c1. The van der Waals surface area contributed by atoms with E-state index in [-0.39, 0.29) is 12.5 Å². The molecule has 0 heterocycles. The van der Waals surface area contributed by atoms with Gasteiger partial charge >= 0.3 is 6.18 Å². The fourth-order valence-corrected chi connectivity index (χ4v) is 2.11. The van der Waals surface area contributed by atoms with Crippen molar-refractivity contribution >= 4 is 34.2 Å². The van der Waals surface area contributed by atoms with E-state index in [1.54, 1.807) is 6.07 Å². The molecule has 0 radical (unpaired) electrons. The molecule has 1 rings (SSSR count). The van der Waals surface area contributed by atoms with Crippen molar-refractivity contribution in [3.8, 4) is 0 Å². The quantitative estimate of drug-likeness (QED) is 0.448. The summed E-state index contributed by atoms with van der Waals surface area (Å²) in [5.74, 6) is 5.37. The summed E-state index contributed by atoms with van der Waals surface area (Å²) in [4.78, 5) is 0. The molecule has 0 aliphatic heterocycles. The normalized spacial score (nSPS) is 13.7. The predicted octanol–water partition coefficient (Wildman–Crippen LogP) is 4.18. The van der Waals surface area contributed by atoms with Crippen molar-refractivity contribution in [3.63, 3.8) is 0 Å². The first kappa shape index (κ1) is 16.0. The molecule has 1 atom stereocenters. The first-order valence-electron chi connectivity index (χ1n) is 5.31. The van der Waals surface area contributed by atoms with E-state index in [2.05, 4.69) is 28.0 Å². The molecule has 1 aromatic rings. The second kappa shape index (κ2) is 6.93. The maximum absolute atomic E-state index is 12.1. The van der Waals surface area contributed by atoms with E-state index in [1.807, 2.05) is 12.1 Å². The number of hydrazine groups is 1. The lowest BCUT2D eigenvalue weighted by Gasteiger charge is -2.17. The van der Waals surface area contributed by atoms with E-state index in [4.69, 9.17) is 17.4 Å². The molecule has 0 fully saturated rings. The molecule has 0 saturated carbocycles. The van der Waals surface area contributed by atoms with Crippen LogP contribution in [0.25, 0.3) is 0 Å². The minimum absolute atomic E-state index is 0.0297. The standard InChI is InChI=1S/C11H13ClF3IN2/c12-8-6-7(3-4-9(8)16)10(18-17)2-1-5-11(13,14)15/h3-4,6,10,18H,1-2,5,17H2. The van der Waals surface area contributed by atoms with Crippen molar-refractivity contribution in [2.75, 3.05) is 0 Å². The van der Waals surface area contributed by atoms with Crippen LogP contribution >= 0.6 is 34.2 Å². The van der Waals surface area contributed by atoms with Crippen molar-refractivity contribution in [1.29, 1.82) is 0 Å². The Labute approximate surface area is 122 Å². The van der Waals surface area contributed by atoms with Gasteiger partial charge in [0, 0.05) is 16.0 Å². The third-order valence-electron chi connectivity index (χ3n) is 2.50. The molecule has 0 amide bonds. The Morgan fingerprint density at radius 3 is 2.56 bits per heavy atom. The Balaban J connectivity index is 2.63. The molecule has 102 valence electrons. The minimum Gasteiger partial charge on any atom is -0.271 e. The molecule has 0 spiro atoms. The number of halogens is 5. The molecule has 18 heavy (non-hydrogen) atoms. The highest BCUT2D eigenvalue weighted by atomic mass is 127. The topological polar surface area (TPSA) is 38.0 Å². The van der Waals surface area contributed by atoms with E-state index < -0.39 is 12.6 Å². The van der Waals surface area contributed by atoms with E-state index >= 15 is 0 Å². The molecular formula is C11H13ClF3IN2. The highest BCUT2D eigenvalue weighted by Crippen LogP contribution is 2.28. The van der Waals surface area contributed by atoms with Crippen LogP contribution in [0.1, 0.15) is 30.9 Å². The minimum atomic E-state index is -4.12. The maximum atomic E-state index is 12.1. The van der Waals surface area contributed by atoms with E-state index in [9.17, 15) is 13.2 Å². The zero-order chi connectivity index (χ0) is 13.8. The van der Waals surface area contributed by atoms with Crippen molar-refractivity contribution in [3.05, 3.63) is 32.4 Å². The van der Waals surface area contributed by atoms with Crippen LogP contribution in [0, 0.1) is 3.57 Å². The first-order chi connectivity index (χ1) is 8.33. The van der Waals surface area contributed by atoms with Crippen LogP contribution in [0.3, 0.4) is 0 Å². The van der Waals surface area contributed by atoms with Gasteiger partial charge in [-0.2, -0.15) is 13.2 Å². The Bertz CT molecular complexity index is 398. The Hall–Kier alpha value is -0.0500. The summed E-state index contributed by atoms with van der Waals surface area (Å²) in [6.45, 7) is 0. The van der Waals surface area contributed by atoms with Gasteiger partial charge in [-0.1, -0.05) is 17.7 Å². The van der Waals surface area contributed by atoms with Crippen LogP contribution in [0.5, 0.6) is 0 Å². The average molecular weight is 393 g/mol. The fraction of sp³-hybridized carbons (Fsp3) is 0.455. The Morgan fingerprint density at radius 2 is 2.06 bits per heavy atom. The zero-order valence-electron chi connectivity index (χ0n) is 9.40. The van der Waals surface area contributed by atoms with Crippen LogP contribution in [-0.2, 0) is 0 Å². The van der Waals surface area contributed by atoms with Crippen LogP contribution in [0.4, 0.5) is 13.2 Å². The largest absolute Gasteiger partial charge is 0.389 e. The molecule has 2 nitrogen and oxygen atoms in total. The highest BCUT2D eigenvalue weighted by Gasteiger charge is 2.26. The Morgan fingerprint density at radius 1 is 1.39 bits per heavy atom. The van der Waals surface area contributed by atoms with Crippen molar-refractivity contribution in [2.24, 2.45) is 5.84 Å². The van der Waals surface area contributed by atoms with Crippen LogP contribution in [-0.4, -0.2) is 6.18 Å².